The van der Waals surface area contributed by atoms with Crippen molar-refractivity contribution in [3.8, 4) is 6.07 Å². The Hall–Kier alpha value is -1.11. The van der Waals surface area contributed by atoms with Gasteiger partial charge in [-0.3, -0.25) is 9.18 Å². The molecule has 1 unspecified atom stereocenters. The van der Waals surface area contributed by atoms with E-state index in [4.69, 9.17) is 5.26 Å². The van der Waals surface area contributed by atoms with E-state index in [-0.39, 0.29) is 23.7 Å². The number of hydrogen-bond donors (Lipinski definition) is 0. The summed E-state index contributed by atoms with van der Waals surface area (Å²) < 4.78 is 12.3. The highest BCUT2D eigenvalue weighted by Gasteiger charge is 2.28. The Balaban J connectivity index is 0.00000154. The SMILES string of the molecule is CC.CC(C)C(=O)N1CCC(C(C#N)CCF)CC1. The molecule has 0 N–H and O–H groups in total. The molecule has 1 aliphatic heterocycles. The van der Waals surface area contributed by atoms with Gasteiger partial charge in [-0.15, -0.1) is 0 Å². The summed E-state index contributed by atoms with van der Waals surface area (Å²) in [5, 5.41) is 8.98. The molecule has 0 radical (unpaired) electrons. The average Bonchev–Trinajstić information content (AvgIpc) is 2.46. The number of carbonyl (C=O) groups is 1. The first kappa shape index (κ1) is 17.9. The second-order valence-electron chi connectivity index (χ2n) is 5.03. The highest BCUT2D eigenvalue weighted by atomic mass is 19.1. The van der Waals surface area contributed by atoms with Crippen molar-refractivity contribution < 1.29 is 9.18 Å². The number of piperidine rings is 1. The van der Waals surface area contributed by atoms with Crippen LogP contribution in [-0.4, -0.2) is 30.6 Å². The smallest absolute Gasteiger partial charge is 0.225 e. The van der Waals surface area contributed by atoms with Gasteiger partial charge < -0.3 is 4.90 Å². The van der Waals surface area contributed by atoms with E-state index in [1.807, 2.05) is 32.6 Å². The molecule has 1 saturated heterocycles. The molecule has 0 bridgehead atoms. The summed E-state index contributed by atoms with van der Waals surface area (Å²) in [7, 11) is 0. The monoisotopic (exact) mass is 270 g/mol. The Morgan fingerprint density at radius 2 is 1.89 bits per heavy atom. The van der Waals surface area contributed by atoms with Crippen molar-refractivity contribution in [3.05, 3.63) is 0 Å². The minimum Gasteiger partial charge on any atom is -0.342 e. The normalized spacial score (nSPS) is 17.4. The maximum absolute atomic E-state index is 12.3. The Labute approximate surface area is 116 Å². The Kier molecular flexibility index (Phi) is 9.20. The number of hydrogen-bond acceptors (Lipinski definition) is 2. The van der Waals surface area contributed by atoms with Crippen LogP contribution in [0.3, 0.4) is 0 Å². The van der Waals surface area contributed by atoms with Gasteiger partial charge in [0.1, 0.15) is 0 Å². The lowest BCUT2D eigenvalue weighted by Gasteiger charge is -2.34. The van der Waals surface area contributed by atoms with Crippen LogP contribution in [0, 0.1) is 29.1 Å². The maximum atomic E-state index is 12.3. The molecule has 0 aromatic heterocycles. The minimum atomic E-state index is -0.427. The number of amides is 1. The largest absolute Gasteiger partial charge is 0.342 e. The molecule has 1 fully saturated rings. The van der Waals surface area contributed by atoms with Gasteiger partial charge in [-0.2, -0.15) is 5.26 Å². The van der Waals surface area contributed by atoms with E-state index in [1.54, 1.807) is 0 Å². The molecule has 1 amide bonds. The second kappa shape index (κ2) is 9.77. The third-order valence-corrected chi connectivity index (χ3v) is 3.50. The van der Waals surface area contributed by atoms with Crippen molar-refractivity contribution in [3.63, 3.8) is 0 Å². The van der Waals surface area contributed by atoms with Crippen LogP contribution in [0.15, 0.2) is 0 Å². The van der Waals surface area contributed by atoms with E-state index in [2.05, 4.69) is 6.07 Å². The summed E-state index contributed by atoms with van der Waals surface area (Å²) in [6, 6.07) is 2.20. The Bertz CT molecular complexity index is 291. The molecule has 1 atom stereocenters. The molecule has 1 heterocycles. The van der Waals surface area contributed by atoms with E-state index in [0.717, 1.165) is 12.8 Å². The van der Waals surface area contributed by atoms with Crippen LogP contribution in [-0.2, 0) is 4.79 Å². The van der Waals surface area contributed by atoms with Gasteiger partial charge in [-0.05, 0) is 25.2 Å². The fourth-order valence-electron chi connectivity index (χ4n) is 2.41. The summed E-state index contributed by atoms with van der Waals surface area (Å²) in [5.41, 5.74) is 0. The highest BCUT2D eigenvalue weighted by Crippen LogP contribution is 2.27. The van der Waals surface area contributed by atoms with Crippen LogP contribution in [0.1, 0.15) is 47.0 Å². The van der Waals surface area contributed by atoms with Crippen molar-refractivity contribution in [2.45, 2.75) is 47.0 Å². The lowest BCUT2D eigenvalue weighted by Crippen LogP contribution is -2.41. The fourth-order valence-corrected chi connectivity index (χ4v) is 2.41. The molecule has 0 aliphatic carbocycles. The van der Waals surface area contributed by atoms with E-state index < -0.39 is 6.67 Å². The zero-order valence-corrected chi connectivity index (χ0v) is 12.7. The maximum Gasteiger partial charge on any atom is 0.225 e. The van der Waals surface area contributed by atoms with Crippen molar-refractivity contribution in [1.29, 1.82) is 5.26 Å². The van der Waals surface area contributed by atoms with E-state index in [9.17, 15) is 9.18 Å². The highest BCUT2D eigenvalue weighted by molar-refractivity contribution is 5.78. The quantitative estimate of drug-likeness (QED) is 0.785. The topological polar surface area (TPSA) is 44.1 Å². The number of alkyl halides is 1. The van der Waals surface area contributed by atoms with Gasteiger partial charge in [0.2, 0.25) is 5.91 Å². The molecule has 4 heteroatoms. The molecule has 0 aromatic rings. The summed E-state index contributed by atoms with van der Waals surface area (Å²) in [5.74, 6) is 0.287. The van der Waals surface area contributed by atoms with Gasteiger partial charge in [0.15, 0.2) is 0 Å². The number of nitriles is 1. The third kappa shape index (κ3) is 5.59. The van der Waals surface area contributed by atoms with Crippen molar-refractivity contribution in [1.82, 2.24) is 4.90 Å². The number of likely N-dealkylation sites (tertiary alicyclic amines) is 1. The number of rotatable bonds is 4. The molecule has 0 spiro atoms. The van der Waals surface area contributed by atoms with Gasteiger partial charge in [0.05, 0.1) is 18.7 Å². The van der Waals surface area contributed by atoms with E-state index >= 15 is 0 Å². The van der Waals surface area contributed by atoms with Gasteiger partial charge in [0.25, 0.3) is 0 Å². The average molecular weight is 270 g/mol. The molecule has 1 aliphatic rings. The first-order valence-electron chi connectivity index (χ1n) is 7.34. The zero-order valence-electron chi connectivity index (χ0n) is 12.7. The van der Waals surface area contributed by atoms with Crippen LogP contribution in [0.4, 0.5) is 4.39 Å². The Morgan fingerprint density at radius 3 is 2.26 bits per heavy atom. The van der Waals surface area contributed by atoms with E-state index in [1.165, 1.54) is 0 Å². The number of carbonyl (C=O) groups excluding carboxylic acids is 1. The minimum absolute atomic E-state index is 0.0316. The Morgan fingerprint density at radius 1 is 1.37 bits per heavy atom. The lowest BCUT2D eigenvalue weighted by atomic mass is 9.83. The zero-order chi connectivity index (χ0) is 14.8. The van der Waals surface area contributed by atoms with Gasteiger partial charge in [0, 0.05) is 19.0 Å². The second-order valence-corrected chi connectivity index (χ2v) is 5.03. The predicted octanol–water partition coefficient (Wildman–Crippen LogP) is 3.41. The van der Waals surface area contributed by atoms with Crippen LogP contribution in [0.2, 0.25) is 0 Å². The van der Waals surface area contributed by atoms with Crippen molar-refractivity contribution in [2.24, 2.45) is 17.8 Å². The predicted molar refractivity (Wildman–Crippen MR) is 75.2 cm³/mol. The lowest BCUT2D eigenvalue weighted by molar-refractivity contribution is -0.136. The number of halogens is 1. The standard InChI is InChI=1S/C13H21FN2O.C2H6/c1-10(2)13(17)16-7-4-11(5-8-16)12(9-15)3-6-14;1-2/h10-12H,3-8H2,1-2H3;1-2H3. The molecular formula is C15H27FN2O. The van der Waals surface area contributed by atoms with Crippen LogP contribution < -0.4 is 0 Å². The molecule has 3 nitrogen and oxygen atoms in total. The van der Waals surface area contributed by atoms with Crippen molar-refractivity contribution in [2.75, 3.05) is 19.8 Å². The first-order chi connectivity index (χ1) is 9.10. The summed E-state index contributed by atoms with van der Waals surface area (Å²) in [6.45, 7) is 8.80. The van der Waals surface area contributed by atoms with Gasteiger partial charge in [-0.25, -0.2) is 0 Å². The first-order valence-corrected chi connectivity index (χ1v) is 7.34. The van der Waals surface area contributed by atoms with Gasteiger partial charge in [-0.1, -0.05) is 27.7 Å². The third-order valence-electron chi connectivity index (χ3n) is 3.50. The molecule has 0 saturated carbocycles. The molecule has 1 rings (SSSR count). The molecular weight excluding hydrogens is 243 g/mol. The molecule has 110 valence electrons. The number of nitrogens with zero attached hydrogens (tertiary/aromatic N) is 2. The molecule has 0 aromatic carbocycles. The van der Waals surface area contributed by atoms with Crippen LogP contribution >= 0.6 is 0 Å². The van der Waals surface area contributed by atoms with Gasteiger partial charge >= 0.3 is 0 Å². The van der Waals surface area contributed by atoms with Crippen molar-refractivity contribution >= 4 is 5.91 Å². The summed E-state index contributed by atoms with van der Waals surface area (Å²) in [6.07, 6.45) is 1.99. The summed E-state index contributed by atoms with van der Waals surface area (Å²) >= 11 is 0. The molecule has 19 heavy (non-hydrogen) atoms. The van der Waals surface area contributed by atoms with Crippen LogP contribution in [0.25, 0.3) is 0 Å². The summed E-state index contributed by atoms with van der Waals surface area (Å²) in [4.78, 5) is 13.6. The fraction of sp³-hybridized carbons (Fsp3) is 0.867. The van der Waals surface area contributed by atoms with Crippen LogP contribution in [0.5, 0.6) is 0 Å². The van der Waals surface area contributed by atoms with E-state index in [0.29, 0.717) is 19.5 Å².